The Labute approximate surface area is 106 Å². The number of nitriles is 1. The Bertz CT molecular complexity index is 479. The number of rotatable bonds is 3. The highest BCUT2D eigenvalue weighted by atomic mass is 16.3. The topological polar surface area (TPSA) is 64.3 Å². The summed E-state index contributed by atoms with van der Waals surface area (Å²) < 4.78 is 0. The van der Waals surface area contributed by atoms with Gasteiger partial charge in [0.15, 0.2) is 0 Å². The first-order valence-electron chi connectivity index (χ1n) is 6.15. The minimum atomic E-state index is -0.0208. The smallest absolute Gasteiger partial charge is 0.253 e. The number of likely N-dealkylation sites (tertiary alicyclic amines) is 1. The molecule has 0 aromatic heterocycles. The summed E-state index contributed by atoms with van der Waals surface area (Å²) >= 11 is 0. The van der Waals surface area contributed by atoms with Gasteiger partial charge in [0.2, 0.25) is 0 Å². The third-order valence-electron chi connectivity index (χ3n) is 3.35. The molecule has 1 aliphatic heterocycles. The van der Waals surface area contributed by atoms with Crippen LogP contribution in [0.3, 0.4) is 0 Å². The van der Waals surface area contributed by atoms with Gasteiger partial charge in [0, 0.05) is 25.3 Å². The molecule has 1 fully saturated rings. The number of benzene rings is 1. The maximum Gasteiger partial charge on any atom is 0.253 e. The first kappa shape index (κ1) is 12.6. The lowest BCUT2D eigenvalue weighted by Gasteiger charge is -2.16. The summed E-state index contributed by atoms with van der Waals surface area (Å²) in [6, 6.07) is 8.82. The fraction of sp³-hybridized carbons (Fsp3) is 0.429. The molecule has 94 valence electrons. The van der Waals surface area contributed by atoms with Crippen LogP contribution in [0.5, 0.6) is 0 Å². The van der Waals surface area contributed by atoms with Crippen LogP contribution in [0.25, 0.3) is 0 Å². The monoisotopic (exact) mass is 244 g/mol. The summed E-state index contributed by atoms with van der Waals surface area (Å²) in [4.78, 5) is 14.0. The van der Waals surface area contributed by atoms with Gasteiger partial charge >= 0.3 is 0 Å². The number of aliphatic hydroxyl groups excluding tert-OH is 1. The SMILES string of the molecule is N#Cc1cccc(C(=O)N2CCC(CCO)C2)c1. The number of amides is 1. The first-order valence-corrected chi connectivity index (χ1v) is 6.15. The van der Waals surface area contributed by atoms with Crippen LogP contribution in [0.4, 0.5) is 0 Å². The molecule has 0 saturated carbocycles. The molecule has 1 amide bonds. The molecule has 1 saturated heterocycles. The average Bonchev–Trinajstić information content (AvgIpc) is 2.87. The van der Waals surface area contributed by atoms with E-state index in [4.69, 9.17) is 10.4 Å². The van der Waals surface area contributed by atoms with Gasteiger partial charge in [-0.1, -0.05) is 6.07 Å². The fourth-order valence-corrected chi connectivity index (χ4v) is 2.34. The molecular formula is C14H16N2O2. The summed E-state index contributed by atoms with van der Waals surface area (Å²) in [5.74, 6) is 0.380. The van der Waals surface area contributed by atoms with Crippen molar-refractivity contribution < 1.29 is 9.90 Å². The van der Waals surface area contributed by atoms with Gasteiger partial charge < -0.3 is 10.0 Å². The lowest BCUT2D eigenvalue weighted by atomic mass is 10.1. The molecule has 1 aromatic rings. The van der Waals surface area contributed by atoms with Crippen LogP contribution < -0.4 is 0 Å². The van der Waals surface area contributed by atoms with Gasteiger partial charge in [-0.3, -0.25) is 4.79 Å². The van der Waals surface area contributed by atoms with Crippen molar-refractivity contribution in [3.8, 4) is 6.07 Å². The molecule has 0 aliphatic carbocycles. The van der Waals surface area contributed by atoms with Crippen molar-refractivity contribution in [1.29, 1.82) is 5.26 Å². The van der Waals surface area contributed by atoms with E-state index in [1.165, 1.54) is 0 Å². The van der Waals surface area contributed by atoms with Crippen molar-refractivity contribution in [3.05, 3.63) is 35.4 Å². The number of carbonyl (C=O) groups excluding carboxylic acids is 1. The summed E-state index contributed by atoms with van der Waals surface area (Å²) in [7, 11) is 0. The molecule has 0 spiro atoms. The molecule has 4 nitrogen and oxygen atoms in total. The highest BCUT2D eigenvalue weighted by molar-refractivity contribution is 5.94. The van der Waals surface area contributed by atoms with Crippen LogP contribution in [-0.4, -0.2) is 35.6 Å². The lowest BCUT2D eigenvalue weighted by molar-refractivity contribution is 0.0784. The van der Waals surface area contributed by atoms with E-state index in [9.17, 15) is 4.79 Å². The minimum absolute atomic E-state index is 0.0208. The van der Waals surface area contributed by atoms with Gasteiger partial charge in [0.25, 0.3) is 5.91 Å². The number of aliphatic hydroxyl groups is 1. The van der Waals surface area contributed by atoms with E-state index < -0.39 is 0 Å². The van der Waals surface area contributed by atoms with Crippen molar-refractivity contribution in [1.82, 2.24) is 4.90 Å². The second-order valence-corrected chi connectivity index (χ2v) is 4.61. The van der Waals surface area contributed by atoms with Crippen LogP contribution in [0.2, 0.25) is 0 Å². The predicted molar refractivity (Wildman–Crippen MR) is 66.9 cm³/mol. The van der Waals surface area contributed by atoms with Gasteiger partial charge in [0.1, 0.15) is 0 Å². The summed E-state index contributed by atoms with van der Waals surface area (Å²) in [5, 5.41) is 17.7. The van der Waals surface area contributed by atoms with Crippen LogP contribution in [0, 0.1) is 17.2 Å². The van der Waals surface area contributed by atoms with Crippen LogP contribution >= 0.6 is 0 Å². The van der Waals surface area contributed by atoms with Crippen LogP contribution in [-0.2, 0) is 0 Å². The molecule has 1 unspecified atom stereocenters. The Balaban J connectivity index is 2.06. The molecule has 1 aliphatic rings. The van der Waals surface area contributed by atoms with E-state index in [-0.39, 0.29) is 12.5 Å². The van der Waals surface area contributed by atoms with Crippen molar-refractivity contribution in [2.24, 2.45) is 5.92 Å². The predicted octanol–water partition coefficient (Wildman–Crippen LogP) is 1.40. The lowest BCUT2D eigenvalue weighted by Crippen LogP contribution is -2.28. The Morgan fingerprint density at radius 3 is 3.11 bits per heavy atom. The molecule has 0 bridgehead atoms. The van der Waals surface area contributed by atoms with E-state index in [0.29, 0.717) is 23.6 Å². The second-order valence-electron chi connectivity index (χ2n) is 4.61. The molecule has 1 atom stereocenters. The van der Waals surface area contributed by atoms with Gasteiger partial charge in [-0.2, -0.15) is 5.26 Å². The van der Waals surface area contributed by atoms with E-state index in [1.54, 1.807) is 29.2 Å². The molecule has 18 heavy (non-hydrogen) atoms. The molecule has 2 rings (SSSR count). The maximum absolute atomic E-state index is 12.2. The Kier molecular flexibility index (Phi) is 3.96. The summed E-state index contributed by atoms with van der Waals surface area (Å²) in [6.45, 7) is 1.62. The van der Waals surface area contributed by atoms with Crippen molar-refractivity contribution >= 4 is 5.91 Å². The van der Waals surface area contributed by atoms with Crippen molar-refractivity contribution in [3.63, 3.8) is 0 Å². The number of nitrogens with zero attached hydrogens (tertiary/aromatic N) is 2. The zero-order valence-electron chi connectivity index (χ0n) is 10.2. The zero-order valence-corrected chi connectivity index (χ0v) is 10.2. The fourth-order valence-electron chi connectivity index (χ4n) is 2.34. The number of hydrogen-bond acceptors (Lipinski definition) is 3. The standard InChI is InChI=1S/C14H16N2O2/c15-9-12-2-1-3-13(8-12)14(18)16-6-4-11(10-16)5-7-17/h1-3,8,11,17H,4-7,10H2. The third kappa shape index (κ3) is 2.69. The van der Waals surface area contributed by atoms with Crippen molar-refractivity contribution in [2.75, 3.05) is 19.7 Å². The van der Waals surface area contributed by atoms with Crippen LogP contribution in [0.15, 0.2) is 24.3 Å². The summed E-state index contributed by atoms with van der Waals surface area (Å²) in [6.07, 6.45) is 1.70. The molecule has 0 radical (unpaired) electrons. The molecule has 1 N–H and O–H groups in total. The van der Waals surface area contributed by atoms with Crippen LogP contribution in [0.1, 0.15) is 28.8 Å². The van der Waals surface area contributed by atoms with E-state index in [0.717, 1.165) is 19.4 Å². The highest BCUT2D eigenvalue weighted by Gasteiger charge is 2.26. The summed E-state index contributed by atoms with van der Waals surface area (Å²) in [5.41, 5.74) is 1.07. The van der Waals surface area contributed by atoms with Gasteiger partial charge in [-0.25, -0.2) is 0 Å². The van der Waals surface area contributed by atoms with Gasteiger partial charge in [0.05, 0.1) is 11.6 Å². The largest absolute Gasteiger partial charge is 0.396 e. The quantitative estimate of drug-likeness (QED) is 0.874. The normalized spacial score (nSPS) is 18.7. The van der Waals surface area contributed by atoms with E-state index in [2.05, 4.69) is 0 Å². The Morgan fingerprint density at radius 1 is 1.56 bits per heavy atom. The molecule has 1 heterocycles. The zero-order chi connectivity index (χ0) is 13.0. The molecule has 1 aromatic carbocycles. The highest BCUT2D eigenvalue weighted by Crippen LogP contribution is 2.21. The second kappa shape index (κ2) is 5.65. The number of carbonyl (C=O) groups is 1. The Hall–Kier alpha value is -1.86. The van der Waals surface area contributed by atoms with Gasteiger partial charge in [-0.15, -0.1) is 0 Å². The third-order valence-corrected chi connectivity index (χ3v) is 3.35. The van der Waals surface area contributed by atoms with E-state index >= 15 is 0 Å². The minimum Gasteiger partial charge on any atom is -0.396 e. The van der Waals surface area contributed by atoms with Crippen molar-refractivity contribution in [2.45, 2.75) is 12.8 Å². The maximum atomic E-state index is 12.2. The average molecular weight is 244 g/mol. The number of hydrogen-bond donors (Lipinski definition) is 1. The van der Waals surface area contributed by atoms with E-state index in [1.807, 2.05) is 6.07 Å². The molecular weight excluding hydrogens is 228 g/mol. The molecule has 4 heteroatoms. The van der Waals surface area contributed by atoms with Gasteiger partial charge in [-0.05, 0) is 37.0 Å². The Morgan fingerprint density at radius 2 is 2.39 bits per heavy atom. The first-order chi connectivity index (χ1) is 8.74.